The minimum absolute atomic E-state index is 0.0599. The second kappa shape index (κ2) is 11.0. The van der Waals surface area contributed by atoms with Gasteiger partial charge in [-0.25, -0.2) is 0 Å². The number of aliphatic hydroxyl groups excluding tert-OH is 1. The lowest BCUT2D eigenvalue weighted by molar-refractivity contribution is -0.140. The van der Waals surface area contributed by atoms with E-state index in [0.717, 1.165) is 48.3 Å². The fraction of sp³-hybridized carbons (Fsp3) is 0.429. The van der Waals surface area contributed by atoms with E-state index in [-0.39, 0.29) is 30.6 Å². The number of aliphatic hydroxyl groups is 1. The van der Waals surface area contributed by atoms with Gasteiger partial charge in [0.25, 0.3) is 11.7 Å². The van der Waals surface area contributed by atoms with E-state index in [1.807, 2.05) is 37.3 Å². The second-order valence-corrected chi connectivity index (χ2v) is 9.06. The van der Waals surface area contributed by atoms with Crippen molar-refractivity contribution in [3.63, 3.8) is 0 Å². The summed E-state index contributed by atoms with van der Waals surface area (Å²) in [4.78, 5) is 27.6. The third kappa shape index (κ3) is 5.20. The van der Waals surface area contributed by atoms with Crippen LogP contribution in [-0.4, -0.2) is 54.7 Å². The van der Waals surface area contributed by atoms with Crippen LogP contribution in [0.25, 0.3) is 5.76 Å². The van der Waals surface area contributed by atoms with Crippen molar-refractivity contribution in [3.8, 4) is 11.5 Å². The predicted octanol–water partition coefficient (Wildman–Crippen LogP) is 4.65. The summed E-state index contributed by atoms with van der Waals surface area (Å²) in [5.41, 5.74) is 2.26. The van der Waals surface area contributed by atoms with E-state index < -0.39 is 17.7 Å². The number of likely N-dealkylation sites (tertiary alicyclic amines) is 1. The summed E-state index contributed by atoms with van der Waals surface area (Å²) in [5.74, 6) is -0.0251. The zero-order valence-corrected chi connectivity index (χ0v) is 20.6. The first-order valence-electron chi connectivity index (χ1n) is 12.2. The molecular formula is C28H33NO6. The molecule has 35 heavy (non-hydrogen) atoms. The number of amides is 1. The van der Waals surface area contributed by atoms with E-state index in [1.54, 1.807) is 19.2 Å². The van der Waals surface area contributed by atoms with Crippen molar-refractivity contribution < 1.29 is 28.9 Å². The van der Waals surface area contributed by atoms with Crippen molar-refractivity contribution in [1.82, 2.24) is 4.90 Å². The summed E-state index contributed by atoms with van der Waals surface area (Å²) in [6, 6.07) is 12.0. The van der Waals surface area contributed by atoms with Crippen LogP contribution in [0.5, 0.6) is 11.5 Å². The minimum Gasteiger partial charge on any atom is -0.507 e. The van der Waals surface area contributed by atoms with Gasteiger partial charge in [0.05, 0.1) is 24.8 Å². The molecule has 7 nitrogen and oxygen atoms in total. The van der Waals surface area contributed by atoms with Crippen LogP contribution in [0.4, 0.5) is 0 Å². The number of fused-ring (bicyclic) bond motifs is 1. The molecule has 1 amide bonds. The van der Waals surface area contributed by atoms with Crippen LogP contribution in [0, 0.1) is 0 Å². The van der Waals surface area contributed by atoms with Crippen LogP contribution < -0.4 is 9.47 Å². The number of carbonyl (C=O) groups excluding carboxylic acids is 2. The van der Waals surface area contributed by atoms with Crippen LogP contribution >= 0.6 is 0 Å². The fourth-order valence-electron chi connectivity index (χ4n) is 4.66. The molecule has 2 unspecified atom stereocenters. The third-order valence-corrected chi connectivity index (χ3v) is 6.46. The molecular weight excluding hydrogens is 446 g/mol. The van der Waals surface area contributed by atoms with Gasteiger partial charge in [-0.1, -0.05) is 31.9 Å². The van der Waals surface area contributed by atoms with Gasteiger partial charge < -0.3 is 24.2 Å². The SMILES string of the molecule is CCCCCOc1ccc(C2C(=C(O)c3ccc4c(c3)CC(C)O4)C(=O)C(=O)N2CCOC)cc1. The topological polar surface area (TPSA) is 85.3 Å². The zero-order chi connectivity index (χ0) is 24.9. The van der Waals surface area contributed by atoms with Crippen molar-refractivity contribution in [2.45, 2.75) is 51.7 Å². The van der Waals surface area contributed by atoms with Gasteiger partial charge >= 0.3 is 0 Å². The van der Waals surface area contributed by atoms with Gasteiger partial charge in [0.15, 0.2) is 0 Å². The highest BCUT2D eigenvalue weighted by Gasteiger charge is 2.46. The first kappa shape index (κ1) is 24.8. The number of methoxy groups -OCH3 is 1. The number of benzene rings is 2. The molecule has 1 saturated heterocycles. The molecule has 1 N–H and O–H groups in total. The van der Waals surface area contributed by atoms with E-state index in [4.69, 9.17) is 14.2 Å². The summed E-state index contributed by atoms with van der Waals surface area (Å²) in [5, 5.41) is 11.3. The Morgan fingerprint density at radius 2 is 1.89 bits per heavy atom. The Bertz CT molecular complexity index is 1110. The molecule has 4 rings (SSSR count). The maximum absolute atomic E-state index is 13.1. The summed E-state index contributed by atoms with van der Waals surface area (Å²) >= 11 is 0. The second-order valence-electron chi connectivity index (χ2n) is 9.06. The fourth-order valence-corrected chi connectivity index (χ4v) is 4.66. The van der Waals surface area contributed by atoms with Crippen LogP contribution in [0.3, 0.4) is 0 Å². The first-order valence-corrected chi connectivity index (χ1v) is 12.2. The number of ether oxygens (including phenoxy) is 3. The highest BCUT2D eigenvalue weighted by molar-refractivity contribution is 6.46. The average Bonchev–Trinajstić information content (AvgIpc) is 3.36. The number of carbonyl (C=O) groups is 2. The lowest BCUT2D eigenvalue weighted by Crippen LogP contribution is -2.32. The number of rotatable bonds is 10. The maximum Gasteiger partial charge on any atom is 0.295 e. The lowest BCUT2D eigenvalue weighted by atomic mass is 9.94. The standard InChI is InChI=1S/C28H33NO6/c1-4-5-6-14-34-22-10-7-19(8-11-22)25-24(27(31)28(32)29(25)13-15-33-3)26(30)20-9-12-23-21(17-20)16-18(2)35-23/h7-12,17-18,25,30H,4-6,13-16H2,1-3H3. The quantitative estimate of drug-likeness (QED) is 0.231. The van der Waals surface area contributed by atoms with Gasteiger partial charge in [-0.05, 0) is 54.8 Å². The first-order chi connectivity index (χ1) is 16.9. The molecule has 2 aliphatic rings. The zero-order valence-electron chi connectivity index (χ0n) is 20.6. The average molecular weight is 480 g/mol. The molecule has 2 atom stereocenters. The Kier molecular flexibility index (Phi) is 7.76. The normalized spacial score (nSPS) is 20.7. The van der Waals surface area contributed by atoms with E-state index in [9.17, 15) is 14.7 Å². The Balaban J connectivity index is 1.69. The van der Waals surface area contributed by atoms with Crippen LogP contribution in [-0.2, 0) is 20.7 Å². The smallest absolute Gasteiger partial charge is 0.295 e. The van der Waals surface area contributed by atoms with Gasteiger partial charge in [-0.3, -0.25) is 9.59 Å². The van der Waals surface area contributed by atoms with Crippen molar-refractivity contribution in [2.24, 2.45) is 0 Å². The number of Topliss-reactive ketones (excluding diaryl/α,β-unsaturated/α-hetero) is 1. The Morgan fingerprint density at radius 1 is 1.11 bits per heavy atom. The van der Waals surface area contributed by atoms with Gasteiger partial charge in [0.1, 0.15) is 23.4 Å². The monoisotopic (exact) mass is 479 g/mol. The molecule has 7 heteroatoms. The summed E-state index contributed by atoms with van der Waals surface area (Å²) in [6.45, 7) is 5.27. The molecule has 186 valence electrons. The molecule has 1 fully saturated rings. The molecule has 2 aliphatic heterocycles. The van der Waals surface area contributed by atoms with E-state index in [0.29, 0.717) is 12.2 Å². The molecule has 0 spiro atoms. The molecule has 0 radical (unpaired) electrons. The molecule has 0 aliphatic carbocycles. The molecule has 0 aromatic heterocycles. The van der Waals surface area contributed by atoms with Crippen LogP contribution in [0.1, 0.15) is 55.8 Å². The Hall–Kier alpha value is -3.32. The number of ketones is 1. The Labute approximate surface area is 206 Å². The molecule has 2 aromatic rings. The maximum atomic E-state index is 13.1. The highest BCUT2D eigenvalue weighted by Crippen LogP contribution is 2.40. The summed E-state index contributed by atoms with van der Waals surface area (Å²) in [6.07, 6.45) is 4.00. The van der Waals surface area contributed by atoms with E-state index in [1.165, 1.54) is 4.90 Å². The Morgan fingerprint density at radius 3 is 2.60 bits per heavy atom. The van der Waals surface area contributed by atoms with E-state index in [2.05, 4.69) is 6.92 Å². The van der Waals surface area contributed by atoms with Gasteiger partial charge in [-0.15, -0.1) is 0 Å². The molecule has 0 bridgehead atoms. The molecule has 2 heterocycles. The van der Waals surface area contributed by atoms with Crippen molar-refractivity contribution in [2.75, 3.05) is 26.9 Å². The van der Waals surface area contributed by atoms with Crippen LogP contribution in [0.2, 0.25) is 0 Å². The summed E-state index contributed by atoms with van der Waals surface area (Å²) < 4.78 is 16.7. The molecule has 0 saturated carbocycles. The number of hydrogen-bond acceptors (Lipinski definition) is 6. The van der Waals surface area contributed by atoms with E-state index >= 15 is 0 Å². The predicted molar refractivity (Wildman–Crippen MR) is 133 cm³/mol. The summed E-state index contributed by atoms with van der Waals surface area (Å²) in [7, 11) is 1.55. The van der Waals surface area contributed by atoms with Gasteiger partial charge in [-0.2, -0.15) is 0 Å². The largest absolute Gasteiger partial charge is 0.507 e. The lowest BCUT2D eigenvalue weighted by Gasteiger charge is -2.25. The van der Waals surface area contributed by atoms with Crippen molar-refractivity contribution in [1.29, 1.82) is 0 Å². The minimum atomic E-state index is -0.720. The third-order valence-electron chi connectivity index (χ3n) is 6.46. The van der Waals surface area contributed by atoms with Crippen molar-refractivity contribution >= 4 is 17.4 Å². The van der Waals surface area contributed by atoms with Crippen molar-refractivity contribution in [3.05, 3.63) is 64.7 Å². The highest BCUT2D eigenvalue weighted by atomic mass is 16.5. The molecule has 2 aromatic carbocycles. The number of hydrogen-bond donors (Lipinski definition) is 1. The number of unbranched alkanes of at least 4 members (excludes halogenated alkanes) is 2. The van der Waals surface area contributed by atoms with Crippen LogP contribution in [0.15, 0.2) is 48.0 Å². The van der Waals surface area contributed by atoms with Gasteiger partial charge in [0.2, 0.25) is 0 Å². The van der Waals surface area contributed by atoms with Gasteiger partial charge in [0, 0.05) is 25.6 Å². The number of nitrogens with zero attached hydrogens (tertiary/aromatic N) is 1.